The number of hydrogen-bond acceptors (Lipinski definition) is 0. The van der Waals surface area contributed by atoms with Gasteiger partial charge in [-0.3, -0.25) is 0 Å². The maximum atomic E-state index is 4.84. The SMILES string of the molecule is Cc1cccc(C)c1[N-]c1c(C)cccc1C.[Li+]. The van der Waals surface area contributed by atoms with Gasteiger partial charge in [0.05, 0.1) is 0 Å². The molecule has 0 aliphatic rings. The Kier molecular flexibility index (Phi) is 5.08. The van der Waals surface area contributed by atoms with Crippen molar-refractivity contribution in [3.8, 4) is 0 Å². The Morgan fingerprint density at radius 2 is 0.889 bits per heavy atom. The van der Waals surface area contributed by atoms with Gasteiger partial charge in [0.2, 0.25) is 0 Å². The normalized spacial score (nSPS) is 9.78. The van der Waals surface area contributed by atoms with E-state index in [2.05, 4.69) is 64.1 Å². The van der Waals surface area contributed by atoms with Crippen molar-refractivity contribution in [1.29, 1.82) is 0 Å². The Morgan fingerprint density at radius 1 is 0.611 bits per heavy atom. The van der Waals surface area contributed by atoms with Crippen molar-refractivity contribution in [3.63, 3.8) is 0 Å². The molecule has 1 nitrogen and oxygen atoms in total. The maximum absolute atomic E-state index is 4.84. The molecule has 2 aromatic carbocycles. The second-order valence-electron chi connectivity index (χ2n) is 4.59. The van der Waals surface area contributed by atoms with E-state index in [1.54, 1.807) is 0 Å². The fourth-order valence-corrected chi connectivity index (χ4v) is 2.08. The van der Waals surface area contributed by atoms with Gasteiger partial charge in [-0.15, -0.1) is 11.4 Å². The van der Waals surface area contributed by atoms with Crippen molar-refractivity contribution in [2.45, 2.75) is 27.7 Å². The van der Waals surface area contributed by atoms with E-state index in [9.17, 15) is 0 Å². The molecule has 2 aromatic rings. The third-order valence-electron chi connectivity index (χ3n) is 3.10. The van der Waals surface area contributed by atoms with Gasteiger partial charge >= 0.3 is 18.9 Å². The Hall–Kier alpha value is -1.16. The summed E-state index contributed by atoms with van der Waals surface area (Å²) < 4.78 is 0. The standard InChI is InChI=1S/C16H18N.Li/c1-11-7-5-8-12(2)15(11)17-16-13(3)9-6-10-14(16)4;/h5-10H,1-4H3;/q-1;+1. The molecular weight excluding hydrogens is 213 g/mol. The quantitative estimate of drug-likeness (QED) is 0.704. The second kappa shape index (κ2) is 6.14. The molecule has 0 amide bonds. The van der Waals surface area contributed by atoms with Crippen LogP contribution >= 0.6 is 0 Å². The number of benzene rings is 2. The number of rotatable bonds is 2. The Labute approximate surface area is 122 Å². The maximum Gasteiger partial charge on any atom is 1.00 e. The molecular formula is C16H18LiN. The molecule has 0 aromatic heterocycles. The molecule has 0 saturated heterocycles. The molecule has 0 heterocycles. The summed E-state index contributed by atoms with van der Waals surface area (Å²) >= 11 is 0. The predicted octanol–water partition coefficient (Wildman–Crippen LogP) is 2.26. The minimum atomic E-state index is 0. The number of nitrogens with zero attached hydrogens (tertiary/aromatic N) is 1. The largest absolute Gasteiger partial charge is 1.00 e. The molecule has 0 saturated carbocycles. The van der Waals surface area contributed by atoms with Crippen LogP contribution in [0.2, 0.25) is 0 Å². The first-order valence-electron chi connectivity index (χ1n) is 5.94. The zero-order valence-corrected chi connectivity index (χ0v) is 11.9. The van der Waals surface area contributed by atoms with Crippen LogP contribution in [0, 0.1) is 27.7 Å². The fraction of sp³-hybridized carbons (Fsp3) is 0.250. The average Bonchev–Trinajstić information content (AvgIpc) is 2.27. The summed E-state index contributed by atoms with van der Waals surface area (Å²) in [5.74, 6) is 0. The zero-order valence-electron chi connectivity index (χ0n) is 11.9. The summed E-state index contributed by atoms with van der Waals surface area (Å²) in [6, 6.07) is 12.6. The molecule has 0 spiro atoms. The van der Waals surface area contributed by atoms with Crippen molar-refractivity contribution in [2.24, 2.45) is 0 Å². The first-order valence-corrected chi connectivity index (χ1v) is 5.94. The van der Waals surface area contributed by atoms with Crippen LogP contribution in [-0.4, -0.2) is 0 Å². The van der Waals surface area contributed by atoms with Gasteiger partial charge in [0.1, 0.15) is 0 Å². The van der Waals surface area contributed by atoms with Crippen molar-refractivity contribution in [3.05, 3.63) is 64.0 Å². The van der Waals surface area contributed by atoms with Gasteiger partial charge in [0.25, 0.3) is 0 Å². The van der Waals surface area contributed by atoms with E-state index in [4.69, 9.17) is 5.32 Å². The molecule has 0 aliphatic carbocycles. The monoisotopic (exact) mass is 231 g/mol. The van der Waals surface area contributed by atoms with Crippen LogP contribution in [0.4, 0.5) is 11.4 Å². The molecule has 2 rings (SSSR count). The molecule has 0 atom stereocenters. The molecule has 0 aliphatic heterocycles. The van der Waals surface area contributed by atoms with Crippen molar-refractivity contribution >= 4 is 11.4 Å². The molecule has 0 radical (unpaired) electrons. The van der Waals surface area contributed by atoms with Crippen molar-refractivity contribution in [2.75, 3.05) is 0 Å². The topological polar surface area (TPSA) is 14.1 Å². The molecule has 0 N–H and O–H groups in total. The van der Waals surface area contributed by atoms with Crippen LogP contribution in [0.15, 0.2) is 36.4 Å². The summed E-state index contributed by atoms with van der Waals surface area (Å²) in [5, 5.41) is 4.84. The van der Waals surface area contributed by atoms with E-state index in [1.165, 1.54) is 22.3 Å². The minimum Gasteiger partial charge on any atom is -0.657 e. The summed E-state index contributed by atoms with van der Waals surface area (Å²) in [7, 11) is 0. The Morgan fingerprint density at radius 3 is 1.17 bits per heavy atom. The van der Waals surface area contributed by atoms with Gasteiger partial charge in [-0.2, -0.15) is 0 Å². The Balaban J connectivity index is 0.00000162. The van der Waals surface area contributed by atoms with Gasteiger partial charge in [-0.1, -0.05) is 58.7 Å². The van der Waals surface area contributed by atoms with E-state index >= 15 is 0 Å². The van der Waals surface area contributed by atoms with E-state index in [0.717, 1.165) is 11.4 Å². The van der Waals surface area contributed by atoms with Gasteiger partial charge in [-0.25, -0.2) is 0 Å². The van der Waals surface area contributed by atoms with Crippen LogP contribution in [0.25, 0.3) is 5.32 Å². The average molecular weight is 231 g/mol. The van der Waals surface area contributed by atoms with E-state index in [0.29, 0.717) is 0 Å². The number of aryl methyl sites for hydroxylation is 4. The van der Waals surface area contributed by atoms with Gasteiger partial charge in [0, 0.05) is 0 Å². The van der Waals surface area contributed by atoms with Crippen molar-refractivity contribution < 1.29 is 18.9 Å². The smallest absolute Gasteiger partial charge is 0.657 e. The number of para-hydroxylation sites is 2. The van der Waals surface area contributed by atoms with Gasteiger partial charge < -0.3 is 5.32 Å². The summed E-state index contributed by atoms with van der Waals surface area (Å²) in [6.07, 6.45) is 0. The zero-order chi connectivity index (χ0) is 12.4. The van der Waals surface area contributed by atoms with E-state index in [-0.39, 0.29) is 18.9 Å². The first-order chi connectivity index (χ1) is 8.09. The van der Waals surface area contributed by atoms with Crippen LogP contribution in [0.3, 0.4) is 0 Å². The summed E-state index contributed by atoms with van der Waals surface area (Å²) in [4.78, 5) is 0. The third kappa shape index (κ3) is 2.99. The molecule has 0 bridgehead atoms. The molecule has 88 valence electrons. The van der Waals surface area contributed by atoms with Crippen LogP contribution in [0.5, 0.6) is 0 Å². The van der Waals surface area contributed by atoms with Gasteiger partial charge in [0.15, 0.2) is 0 Å². The predicted molar refractivity (Wildman–Crippen MR) is 74.5 cm³/mol. The Bertz CT molecular complexity index is 457. The van der Waals surface area contributed by atoms with E-state index < -0.39 is 0 Å². The second-order valence-corrected chi connectivity index (χ2v) is 4.59. The van der Waals surface area contributed by atoms with Gasteiger partial charge in [-0.05, 0) is 27.7 Å². The molecule has 0 unspecified atom stereocenters. The minimum absolute atomic E-state index is 0. The van der Waals surface area contributed by atoms with Crippen molar-refractivity contribution in [1.82, 2.24) is 0 Å². The van der Waals surface area contributed by atoms with Crippen LogP contribution in [-0.2, 0) is 0 Å². The molecule has 2 heteroatoms. The van der Waals surface area contributed by atoms with E-state index in [1.807, 2.05) is 0 Å². The first kappa shape index (κ1) is 14.9. The number of hydrogen-bond donors (Lipinski definition) is 0. The third-order valence-corrected chi connectivity index (χ3v) is 3.10. The van der Waals surface area contributed by atoms with Crippen LogP contribution in [0.1, 0.15) is 22.3 Å². The fourth-order valence-electron chi connectivity index (χ4n) is 2.08. The molecule has 0 fully saturated rings. The summed E-state index contributed by atoms with van der Waals surface area (Å²) in [6.45, 7) is 8.44. The summed E-state index contributed by atoms with van der Waals surface area (Å²) in [5.41, 5.74) is 7.12. The molecule has 18 heavy (non-hydrogen) atoms. The van der Waals surface area contributed by atoms with Crippen LogP contribution < -0.4 is 18.9 Å².